The molecule has 0 aliphatic heterocycles. The second-order valence-electron chi connectivity index (χ2n) is 11.5. The number of benzene rings is 7. The van der Waals surface area contributed by atoms with Gasteiger partial charge in [0, 0.05) is 16.0 Å². The molecule has 196 valence electrons. The number of hydrogen-bond donors (Lipinski definition) is 0. The molecule has 1 aliphatic rings. The van der Waals surface area contributed by atoms with Gasteiger partial charge >= 0.3 is 0 Å². The Kier molecular flexibility index (Phi) is 5.02. The van der Waals surface area contributed by atoms with Gasteiger partial charge in [-0.15, -0.1) is 0 Å². The van der Waals surface area contributed by atoms with Crippen LogP contribution >= 0.6 is 15.9 Å². The van der Waals surface area contributed by atoms with E-state index in [1.807, 2.05) is 12.1 Å². The topological polar surface area (TPSA) is 43.1 Å². The van der Waals surface area contributed by atoms with Crippen LogP contribution in [-0.4, -0.2) is 4.92 Å². The predicted molar refractivity (Wildman–Crippen MR) is 174 cm³/mol. The fourth-order valence-corrected chi connectivity index (χ4v) is 7.45. The number of nitro benzene ring substituents is 1. The molecule has 7 aromatic rings. The molecule has 8 rings (SSSR count). The van der Waals surface area contributed by atoms with Crippen LogP contribution in [0.2, 0.25) is 0 Å². The maximum absolute atomic E-state index is 12.1. The third kappa shape index (κ3) is 3.31. The fraction of sp³-hybridized carbons (Fsp3) is 0.0811. The van der Waals surface area contributed by atoms with Gasteiger partial charge in [0.05, 0.1) is 10.5 Å². The van der Waals surface area contributed by atoms with Crippen LogP contribution in [0.4, 0.5) is 5.69 Å². The molecule has 0 radical (unpaired) electrons. The quantitative estimate of drug-likeness (QED) is 0.114. The summed E-state index contributed by atoms with van der Waals surface area (Å²) in [6.45, 7) is 4.56. The lowest BCUT2D eigenvalue weighted by Gasteiger charge is -2.23. The molecule has 0 amide bonds. The molecule has 0 N–H and O–H groups in total. The number of hydrogen-bond acceptors (Lipinski definition) is 2. The van der Waals surface area contributed by atoms with Gasteiger partial charge in [-0.05, 0) is 101 Å². The average Bonchev–Trinajstić information content (AvgIpc) is 3.21. The first-order valence-electron chi connectivity index (χ1n) is 13.7. The summed E-state index contributed by atoms with van der Waals surface area (Å²) in [6.07, 6.45) is 0. The van der Waals surface area contributed by atoms with Crippen LogP contribution in [0.5, 0.6) is 0 Å². The van der Waals surface area contributed by atoms with Crippen molar-refractivity contribution in [3.8, 4) is 22.3 Å². The zero-order valence-electron chi connectivity index (χ0n) is 22.5. The van der Waals surface area contributed by atoms with Gasteiger partial charge in [0.2, 0.25) is 0 Å². The van der Waals surface area contributed by atoms with E-state index in [0.29, 0.717) is 5.56 Å². The fourth-order valence-electron chi connectivity index (χ4n) is 7.08. The molecular weight excluding hydrogens is 570 g/mol. The van der Waals surface area contributed by atoms with Gasteiger partial charge in [-0.25, -0.2) is 0 Å². The Morgan fingerprint density at radius 2 is 1.10 bits per heavy atom. The normalized spacial score (nSPS) is 13.6. The summed E-state index contributed by atoms with van der Waals surface area (Å²) >= 11 is 3.56. The van der Waals surface area contributed by atoms with Crippen molar-refractivity contribution < 1.29 is 4.92 Å². The van der Waals surface area contributed by atoms with E-state index >= 15 is 0 Å². The Hall–Kier alpha value is -4.54. The minimum absolute atomic E-state index is 0.107. The Bertz CT molecular complexity index is 2280. The molecule has 0 atom stereocenters. The Morgan fingerprint density at radius 1 is 0.561 bits per heavy atom. The lowest BCUT2D eigenvalue weighted by Crippen LogP contribution is -2.15. The highest BCUT2D eigenvalue weighted by Crippen LogP contribution is 2.55. The molecule has 3 nitrogen and oxygen atoms in total. The van der Waals surface area contributed by atoms with E-state index in [1.54, 1.807) is 12.1 Å². The van der Waals surface area contributed by atoms with Crippen molar-refractivity contribution in [2.45, 2.75) is 19.3 Å². The van der Waals surface area contributed by atoms with Crippen molar-refractivity contribution in [1.29, 1.82) is 0 Å². The zero-order chi connectivity index (χ0) is 28.0. The van der Waals surface area contributed by atoms with Crippen molar-refractivity contribution in [2.75, 3.05) is 0 Å². The first-order chi connectivity index (χ1) is 19.8. The average molecular weight is 595 g/mol. The van der Waals surface area contributed by atoms with Crippen molar-refractivity contribution in [3.05, 3.63) is 135 Å². The summed E-state index contributed by atoms with van der Waals surface area (Å²) in [5, 5.41) is 21.8. The molecule has 0 spiro atoms. The standard InChI is InChI=1S/C37H24BrNO2/c1-37(2)33-19-29-25-12-6-4-10-23(25)22-9-3-5-11-24(22)28(29)18-32(33)36-27-14-8-7-13-26(27)30(20-34(36)37)31-17-21(38)15-16-35(31)39(40)41/h3-20H,1-2H3. The first-order valence-corrected chi connectivity index (χ1v) is 14.5. The van der Waals surface area contributed by atoms with E-state index in [2.05, 4.69) is 115 Å². The minimum Gasteiger partial charge on any atom is -0.258 e. The molecular formula is C37H24BrNO2. The highest BCUT2D eigenvalue weighted by molar-refractivity contribution is 9.10. The Labute approximate surface area is 245 Å². The predicted octanol–water partition coefficient (Wildman–Crippen LogP) is 10.9. The molecule has 41 heavy (non-hydrogen) atoms. The highest BCUT2D eigenvalue weighted by atomic mass is 79.9. The molecule has 0 saturated heterocycles. The number of rotatable bonds is 2. The maximum atomic E-state index is 12.1. The second-order valence-corrected chi connectivity index (χ2v) is 12.4. The SMILES string of the molecule is CC1(C)c2cc3c4ccccc4c4ccccc4c3cc2-c2c1cc(-c1cc(Br)ccc1[N+](=O)[O-])c1ccccc21. The summed E-state index contributed by atoms with van der Waals surface area (Å²) in [7, 11) is 0. The lowest BCUT2D eigenvalue weighted by atomic mass is 9.79. The number of nitro groups is 1. The van der Waals surface area contributed by atoms with E-state index < -0.39 is 0 Å². The smallest absolute Gasteiger partial charge is 0.258 e. The van der Waals surface area contributed by atoms with Crippen LogP contribution in [0.1, 0.15) is 25.0 Å². The highest BCUT2D eigenvalue weighted by Gasteiger charge is 2.38. The minimum atomic E-state index is -0.300. The van der Waals surface area contributed by atoms with Crippen LogP contribution < -0.4 is 0 Å². The van der Waals surface area contributed by atoms with Gasteiger partial charge in [-0.1, -0.05) is 103 Å². The summed E-state index contributed by atoms with van der Waals surface area (Å²) in [6, 6.07) is 37.9. The van der Waals surface area contributed by atoms with Crippen LogP contribution in [0.3, 0.4) is 0 Å². The van der Waals surface area contributed by atoms with Crippen molar-refractivity contribution in [2.24, 2.45) is 0 Å². The van der Waals surface area contributed by atoms with Gasteiger partial charge in [0.1, 0.15) is 0 Å². The molecule has 0 unspecified atom stereocenters. The lowest BCUT2D eigenvalue weighted by molar-refractivity contribution is -0.384. The van der Waals surface area contributed by atoms with Crippen LogP contribution in [0.25, 0.3) is 65.3 Å². The zero-order valence-corrected chi connectivity index (χ0v) is 24.1. The number of fused-ring (bicyclic) bond motifs is 11. The summed E-state index contributed by atoms with van der Waals surface area (Å²) in [5.41, 5.74) is 6.25. The molecule has 0 fully saturated rings. The van der Waals surface area contributed by atoms with Gasteiger partial charge in [0.15, 0.2) is 0 Å². The van der Waals surface area contributed by atoms with E-state index in [4.69, 9.17) is 0 Å². The molecule has 0 aromatic heterocycles. The van der Waals surface area contributed by atoms with Gasteiger partial charge in [-0.3, -0.25) is 10.1 Å². The van der Waals surface area contributed by atoms with Crippen LogP contribution in [0, 0.1) is 10.1 Å². The second kappa shape index (κ2) is 8.48. The molecule has 0 heterocycles. The molecule has 0 saturated carbocycles. The number of nitrogens with zero attached hydrogens (tertiary/aromatic N) is 1. The van der Waals surface area contributed by atoms with Gasteiger partial charge in [0.25, 0.3) is 5.69 Å². The molecule has 1 aliphatic carbocycles. The third-order valence-corrected chi connectivity index (χ3v) is 9.48. The van der Waals surface area contributed by atoms with Gasteiger partial charge < -0.3 is 0 Å². The van der Waals surface area contributed by atoms with Crippen molar-refractivity contribution >= 4 is 64.7 Å². The molecule has 0 bridgehead atoms. The molecule has 4 heteroatoms. The summed E-state index contributed by atoms with van der Waals surface area (Å²) < 4.78 is 0.815. The van der Waals surface area contributed by atoms with E-state index in [0.717, 1.165) is 20.8 Å². The summed E-state index contributed by atoms with van der Waals surface area (Å²) in [5.74, 6) is 0. The number of halogens is 1. The maximum Gasteiger partial charge on any atom is 0.277 e. The van der Waals surface area contributed by atoms with Crippen molar-refractivity contribution in [3.63, 3.8) is 0 Å². The largest absolute Gasteiger partial charge is 0.277 e. The third-order valence-electron chi connectivity index (χ3n) is 8.99. The Morgan fingerprint density at radius 3 is 1.71 bits per heavy atom. The van der Waals surface area contributed by atoms with E-state index in [-0.39, 0.29) is 16.0 Å². The van der Waals surface area contributed by atoms with E-state index in [9.17, 15) is 10.1 Å². The van der Waals surface area contributed by atoms with Crippen LogP contribution in [0.15, 0.2) is 114 Å². The van der Waals surface area contributed by atoms with Crippen LogP contribution in [-0.2, 0) is 5.41 Å². The Balaban J connectivity index is 1.52. The van der Waals surface area contributed by atoms with Gasteiger partial charge in [-0.2, -0.15) is 0 Å². The summed E-state index contributed by atoms with van der Waals surface area (Å²) in [4.78, 5) is 11.8. The first kappa shape index (κ1) is 24.3. The van der Waals surface area contributed by atoms with Crippen molar-refractivity contribution in [1.82, 2.24) is 0 Å². The molecule has 7 aromatic carbocycles. The monoisotopic (exact) mass is 593 g/mol. The van der Waals surface area contributed by atoms with E-state index in [1.165, 1.54) is 54.6 Å².